The normalized spacial score (nSPS) is 10.8. The van der Waals surface area contributed by atoms with E-state index in [1.165, 1.54) is 0 Å². The second kappa shape index (κ2) is 13.0. The van der Waals surface area contributed by atoms with Crippen molar-refractivity contribution in [3.05, 3.63) is 0 Å². The molecular weight excluding hydrogens is 227 g/mol. The number of rotatable bonds is 6. The van der Waals surface area contributed by atoms with Gasteiger partial charge in [0.15, 0.2) is 0 Å². The smallest absolute Gasteiger partial charge is 0.322 e. The van der Waals surface area contributed by atoms with Gasteiger partial charge in [0, 0.05) is 0 Å². The Labute approximate surface area is 97.6 Å². The highest BCUT2D eigenvalue weighted by molar-refractivity contribution is 5.85. The van der Waals surface area contributed by atoms with Crippen molar-refractivity contribution in [2.45, 2.75) is 32.2 Å². The SMILES string of the molecule is CCOC(=O)C(N)CCCCN.Cl.Cl. The summed E-state index contributed by atoms with van der Waals surface area (Å²) in [5, 5.41) is 0. The second-order valence-corrected chi connectivity index (χ2v) is 2.64. The average molecular weight is 247 g/mol. The van der Waals surface area contributed by atoms with Crippen LogP contribution in [0.5, 0.6) is 0 Å². The summed E-state index contributed by atoms with van der Waals surface area (Å²) in [7, 11) is 0. The summed E-state index contributed by atoms with van der Waals surface area (Å²) in [5.74, 6) is -0.311. The van der Waals surface area contributed by atoms with Crippen LogP contribution in [0.3, 0.4) is 0 Å². The van der Waals surface area contributed by atoms with Crippen LogP contribution in [0.25, 0.3) is 0 Å². The molecule has 1 atom stereocenters. The van der Waals surface area contributed by atoms with Gasteiger partial charge in [-0.2, -0.15) is 0 Å². The molecule has 0 aromatic rings. The van der Waals surface area contributed by atoms with Gasteiger partial charge in [0.2, 0.25) is 0 Å². The maximum Gasteiger partial charge on any atom is 0.322 e. The molecule has 4 N–H and O–H groups in total. The molecule has 0 aromatic carbocycles. The number of carbonyl (C=O) groups is 1. The third kappa shape index (κ3) is 10.1. The summed E-state index contributed by atoms with van der Waals surface area (Å²) in [6.07, 6.45) is 2.46. The van der Waals surface area contributed by atoms with E-state index in [0.29, 0.717) is 19.6 Å². The van der Waals surface area contributed by atoms with Crippen LogP contribution in [0.1, 0.15) is 26.2 Å². The van der Waals surface area contributed by atoms with Gasteiger partial charge in [-0.3, -0.25) is 4.79 Å². The average Bonchev–Trinajstić information content (AvgIpc) is 2.05. The van der Waals surface area contributed by atoms with Gasteiger partial charge in [0.1, 0.15) is 6.04 Å². The fraction of sp³-hybridized carbons (Fsp3) is 0.875. The minimum absolute atomic E-state index is 0. The molecule has 0 aliphatic carbocycles. The fourth-order valence-electron chi connectivity index (χ4n) is 0.876. The van der Waals surface area contributed by atoms with Gasteiger partial charge in [0.25, 0.3) is 0 Å². The summed E-state index contributed by atoms with van der Waals surface area (Å²) in [6, 6.07) is -0.475. The molecule has 0 spiro atoms. The van der Waals surface area contributed by atoms with Gasteiger partial charge < -0.3 is 16.2 Å². The molecule has 0 aliphatic rings. The Bertz CT molecular complexity index is 137. The van der Waals surface area contributed by atoms with Gasteiger partial charge in [-0.15, -0.1) is 24.8 Å². The maximum atomic E-state index is 11.0. The molecule has 4 nitrogen and oxygen atoms in total. The number of carbonyl (C=O) groups excluding carboxylic acids is 1. The minimum Gasteiger partial charge on any atom is -0.465 e. The molecule has 6 heteroatoms. The van der Waals surface area contributed by atoms with Crippen LogP contribution in [-0.2, 0) is 9.53 Å². The molecule has 0 saturated carbocycles. The Kier molecular flexibility index (Phi) is 18.1. The summed E-state index contributed by atoms with van der Waals surface area (Å²) < 4.78 is 4.74. The highest BCUT2D eigenvalue weighted by atomic mass is 35.5. The van der Waals surface area contributed by atoms with Crippen LogP contribution < -0.4 is 11.5 Å². The molecule has 0 radical (unpaired) electrons. The molecule has 0 aromatic heterocycles. The van der Waals surface area contributed by atoms with Crippen molar-refractivity contribution < 1.29 is 9.53 Å². The van der Waals surface area contributed by atoms with E-state index in [1.54, 1.807) is 6.92 Å². The molecule has 0 fully saturated rings. The van der Waals surface area contributed by atoms with E-state index in [4.69, 9.17) is 16.2 Å². The van der Waals surface area contributed by atoms with E-state index in [0.717, 1.165) is 12.8 Å². The van der Waals surface area contributed by atoms with E-state index in [-0.39, 0.29) is 30.8 Å². The lowest BCUT2D eigenvalue weighted by Crippen LogP contribution is -2.32. The molecule has 1 unspecified atom stereocenters. The summed E-state index contributed by atoms with van der Waals surface area (Å²) in [6.45, 7) is 2.81. The van der Waals surface area contributed by atoms with E-state index >= 15 is 0 Å². The van der Waals surface area contributed by atoms with Gasteiger partial charge in [-0.05, 0) is 26.3 Å². The van der Waals surface area contributed by atoms with Crippen molar-refractivity contribution in [1.29, 1.82) is 0 Å². The van der Waals surface area contributed by atoms with Crippen LogP contribution in [0.2, 0.25) is 0 Å². The number of unbranched alkanes of at least 4 members (excludes halogenated alkanes) is 1. The first-order chi connectivity index (χ1) is 5.72. The predicted octanol–water partition coefficient (Wildman–Crippen LogP) is 0.849. The molecule has 14 heavy (non-hydrogen) atoms. The number of hydrogen-bond donors (Lipinski definition) is 2. The van der Waals surface area contributed by atoms with Crippen LogP contribution in [0, 0.1) is 0 Å². The molecule has 0 rings (SSSR count). The van der Waals surface area contributed by atoms with Crippen LogP contribution >= 0.6 is 24.8 Å². The molecule has 0 aliphatic heterocycles. The number of halogens is 2. The Hall–Kier alpha value is -0.0300. The Morgan fingerprint density at radius 3 is 2.36 bits per heavy atom. The van der Waals surface area contributed by atoms with Crippen LogP contribution in [0.4, 0.5) is 0 Å². The lowest BCUT2D eigenvalue weighted by atomic mass is 10.1. The lowest BCUT2D eigenvalue weighted by Gasteiger charge is -2.09. The van der Waals surface area contributed by atoms with E-state index < -0.39 is 6.04 Å². The highest BCUT2D eigenvalue weighted by Gasteiger charge is 2.12. The highest BCUT2D eigenvalue weighted by Crippen LogP contribution is 1.99. The van der Waals surface area contributed by atoms with E-state index in [1.807, 2.05) is 0 Å². The first kappa shape index (κ1) is 19.5. The third-order valence-electron chi connectivity index (χ3n) is 1.56. The second-order valence-electron chi connectivity index (χ2n) is 2.64. The molecule has 0 bridgehead atoms. The van der Waals surface area contributed by atoms with E-state index in [9.17, 15) is 4.79 Å². The lowest BCUT2D eigenvalue weighted by molar-refractivity contribution is -0.144. The van der Waals surface area contributed by atoms with Gasteiger partial charge >= 0.3 is 5.97 Å². The van der Waals surface area contributed by atoms with Crippen molar-refractivity contribution in [2.24, 2.45) is 11.5 Å². The maximum absolute atomic E-state index is 11.0. The number of nitrogens with two attached hydrogens (primary N) is 2. The quantitative estimate of drug-likeness (QED) is 0.538. The van der Waals surface area contributed by atoms with Crippen LogP contribution in [0.15, 0.2) is 0 Å². The Morgan fingerprint density at radius 1 is 1.36 bits per heavy atom. The minimum atomic E-state index is -0.475. The zero-order valence-corrected chi connectivity index (χ0v) is 10.0. The molecule has 0 heterocycles. The number of esters is 1. The van der Waals surface area contributed by atoms with Gasteiger partial charge in [-0.25, -0.2) is 0 Å². The van der Waals surface area contributed by atoms with Gasteiger partial charge in [-0.1, -0.05) is 6.42 Å². The zero-order valence-electron chi connectivity index (χ0n) is 8.40. The zero-order chi connectivity index (χ0) is 9.40. The first-order valence-electron chi connectivity index (χ1n) is 4.34. The first-order valence-corrected chi connectivity index (χ1v) is 4.34. The molecule has 0 amide bonds. The Morgan fingerprint density at radius 2 is 1.93 bits per heavy atom. The third-order valence-corrected chi connectivity index (χ3v) is 1.56. The number of hydrogen-bond acceptors (Lipinski definition) is 4. The summed E-state index contributed by atoms with van der Waals surface area (Å²) in [5.41, 5.74) is 10.8. The van der Waals surface area contributed by atoms with E-state index in [2.05, 4.69) is 0 Å². The molecule has 0 saturated heterocycles. The van der Waals surface area contributed by atoms with Gasteiger partial charge in [0.05, 0.1) is 6.61 Å². The van der Waals surface area contributed by atoms with Crippen molar-refractivity contribution in [2.75, 3.05) is 13.2 Å². The van der Waals surface area contributed by atoms with Crippen LogP contribution in [-0.4, -0.2) is 25.2 Å². The fourth-order valence-corrected chi connectivity index (χ4v) is 0.876. The predicted molar refractivity (Wildman–Crippen MR) is 62.0 cm³/mol. The topological polar surface area (TPSA) is 78.3 Å². The summed E-state index contributed by atoms with van der Waals surface area (Å²) >= 11 is 0. The molecular formula is C8H20Cl2N2O2. The largest absolute Gasteiger partial charge is 0.465 e. The standard InChI is InChI=1S/C8H18N2O2.2ClH/c1-2-12-8(11)7(10)5-3-4-6-9;;/h7H,2-6,9-10H2,1H3;2*1H. The molecule has 88 valence electrons. The van der Waals surface area contributed by atoms with Crippen molar-refractivity contribution in [3.63, 3.8) is 0 Å². The number of ether oxygens (including phenoxy) is 1. The van der Waals surface area contributed by atoms with Crippen molar-refractivity contribution in [3.8, 4) is 0 Å². The monoisotopic (exact) mass is 246 g/mol. The Balaban J connectivity index is -0.000000605. The van der Waals surface area contributed by atoms with Crippen molar-refractivity contribution >= 4 is 30.8 Å². The van der Waals surface area contributed by atoms with Crippen molar-refractivity contribution in [1.82, 2.24) is 0 Å². The summed E-state index contributed by atoms with van der Waals surface area (Å²) in [4.78, 5) is 11.0.